The first-order valence-electron chi connectivity index (χ1n) is 7.77. The van der Waals surface area contributed by atoms with Crippen LogP contribution in [0.2, 0.25) is 0 Å². The minimum atomic E-state index is -0.345. The fourth-order valence-corrected chi connectivity index (χ4v) is 3.49. The lowest BCUT2D eigenvalue weighted by atomic mass is 9.85. The van der Waals surface area contributed by atoms with Gasteiger partial charge >= 0.3 is 5.97 Å². The molecule has 0 bridgehead atoms. The van der Waals surface area contributed by atoms with Crippen molar-refractivity contribution < 1.29 is 14.3 Å². The summed E-state index contributed by atoms with van der Waals surface area (Å²) < 4.78 is 4.68. The van der Waals surface area contributed by atoms with Crippen molar-refractivity contribution in [3.05, 3.63) is 0 Å². The molecule has 1 saturated heterocycles. The highest BCUT2D eigenvalue weighted by Crippen LogP contribution is 2.33. The van der Waals surface area contributed by atoms with Gasteiger partial charge in [0.25, 0.3) is 0 Å². The van der Waals surface area contributed by atoms with E-state index in [1.807, 2.05) is 6.92 Å². The Morgan fingerprint density at radius 2 is 2.05 bits per heavy atom. The van der Waals surface area contributed by atoms with E-state index in [0.29, 0.717) is 18.5 Å². The molecule has 2 fully saturated rings. The summed E-state index contributed by atoms with van der Waals surface area (Å²) in [6, 6.07) is 0.388. The highest BCUT2D eigenvalue weighted by atomic mass is 16.5. The Morgan fingerprint density at radius 3 is 2.70 bits per heavy atom. The molecule has 0 spiro atoms. The third-order valence-electron chi connectivity index (χ3n) is 4.51. The zero-order chi connectivity index (χ0) is 14.5. The zero-order valence-electron chi connectivity index (χ0n) is 12.6. The van der Waals surface area contributed by atoms with Crippen LogP contribution in [0.3, 0.4) is 0 Å². The molecule has 1 amide bonds. The first-order chi connectivity index (χ1) is 9.65. The Bertz CT molecular complexity index is 345. The van der Waals surface area contributed by atoms with Gasteiger partial charge in [-0.2, -0.15) is 0 Å². The third-order valence-corrected chi connectivity index (χ3v) is 4.51. The first-order valence-corrected chi connectivity index (χ1v) is 7.77. The van der Waals surface area contributed by atoms with E-state index in [4.69, 9.17) is 0 Å². The first kappa shape index (κ1) is 15.3. The highest BCUT2D eigenvalue weighted by Gasteiger charge is 2.39. The summed E-state index contributed by atoms with van der Waals surface area (Å²) in [5.74, 6) is 0.355. The summed E-state index contributed by atoms with van der Waals surface area (Å²) in [5, 5.41) is 3.48. The molecule has 20 heavy (non-hydrogen) atoms. The number of methoxy groups -OCH3 is 1. The molecule has 1 saturated carbocycles. The summed E-state index contributed by atoms with van der Waals surface area (Å²) in [7, 11) is 1.36. The molecule has 1 aliphatic carbocycles. The lowest BCUT2D eigenvalue weighted by Gasteiger charge is -2.25. The predicted molar refractivity (Wildman–Crippen MR) is 76.2 cm³/mol. The Morgan fingerprint density at radius 1 is 1.30 bits per heavy atom. The van der Waals surface area contributed by atoms with Crippen LogP contribution in [0.25, 0.3) is 0 Å². The fraction of sp³-hybridized carbons (Fsp3) is 0.867. The van der Waals surface area contributed by atoms with Crippen LogP contribution in [0.4, 0.5) is 0 Å². The van der Waals surface area contributed by atoms with Crippen molar-refractivity contribution in [2.75, 3.05) is 20.2 Å². The number of ether oxygens (including phenoxy) is 1. The minimum Gasteiger partial charge on any atom is -0.468 e. The van der Waals surface area contributed by atoms with E-state index in [-0.39, 0.29) is 24.5 Å². The Labute approximate surface area is 121 Å². The molecule has 0 aromatic heterocycles. The van der Waals surface area contributed by atoms with Crippen molar-refractivity contribution in [3.63, 3.8) is 0 Å². The average molecular weight is 282 g/mol. The maximum Gasteiger partial charge on any atom is 0.325 e. The smallest absolute Gasteiger partial charge is 0.325 e. The van der Waals surface area contributed by atoms with E-state index in [0.717, 1.165) is 12.8 Å². The fourth-order valence-electron chi connectivity index (χ4n) is 3.49. The second kappa shape index (κ2) is 7.07. The Kier molecular flexibility index (Phi) is 5.40. The molecule has 2 rings (SSSR count). The van der Waals surface area contributed by atoms with Gasteiger partial charge in [0.1, 0.15) is 6.54 Å². The molecule has 2 aliphatic rings. The minimum absolute atomic E-state index is 0.0617. The molecule has 1 N–H and O–H groups in total. The maximum atomic E-state index is 12.6. The van der Waals surface area contributed by atoms with Crippen molar-refractivity contribution in [1.82, 2.24) is 10.2 Å². The van der Waals surface area contributed by atoms with Gasteiger partial charge in [-0.15, -0.1) is 0 Å². The number of hydrogen-bond donors (Lipinski definition) is 1. The van der Waals surface area contributed by atoms with Crippen LogP contribution in [0.5, 0.6) is 0 Å². The van der Waals surface area contributed by atoms with Crippen LogP contribution in [-0.4, -0.2) is 49.1 Å². The molecule has 0 radical (unpaired) electrons. The number of fused-ring (bicyclic) bond motifs is 1. The predicted octanol–water partition coefficient (Wildman–Crippen LogP) is 1.32. The summed E-state index contributed by atoms with van der Waals surface area (Å²) >= 11 is 0. The number of amides is 1. The number of hydrogen-bond acceptors (Lipinski definition) is 4. The number of rotatable bonds is 5. The van der Waals surface area contributed by atoms with Gasteiger partial charge < -0.3 is 15.0 Å². The van der Waals surface area contributed by atoms with Crippen LogP contribution in [0.15, 0.2) is 0 Å². The van der Waals surface area contributed by atoms with Crippen LogP contribution in [-0.2, 0) is 14.3 Å². The van der Waals surface area contributed by atoms with Crippen LogP contribution in [0, 0.1) is 5.92 Å². The molecule has 0 aromatic rings. The van der Waals surface area contributed by atoms with Crippen LogP contribution in [0.1, 0.15) is 45.4 Å². The Hall–Kier alpha value is -1.10. The van der Waals surface area contributed by atoms with Crippen molar-refractivity contribution in [1.29, 1.82) is 0 Å². The van der Waals surface area contributed by atoms with Gasteiger partial charge in [0.05, 0.1) is 13.2 Å². The second-order valence-electron chi connectivity index (χ2n) is 5.94. The molecule has 5 heteroatoms. The van der Waals surface area contributed by atoms with Crippen molar-refractivity contribution in [2.24, 2.45) is 5.92 Å². The van der Waals surface area contributed by atoms with Gasteiger partial charge in [0.15, 0.2) is 0 Å². The number of nitrogens with zero attached hydrogens (tertiary/aromatic N) is 1. The number of carbonyl (C=O) groups is 2. The molecular formula is C15H26N2O3. The van der Waals surface area contributed by atoms with Crippen LogP contribution >= 0.6 is 0 Å². The standard InChI is InChI=1S/C15H26N2O3/c1-3-8-17(10-14(18)20-2)15(19)13-9-11-6-4-5-7-12(11)16-13/h11-13,16H,3-10H2,1-2H3. The summed E-state index contributed by atoms with van der Waals surface area (Å²) in [5.41, 5.74) is 0. The monoisotopic (exact) mass is 282 g/mol. The molecule has 3 atom stereocenters. The molecule has 114 valence electrons. The molecule has 5 nitrogen and oxygen atoms in total. The van der Waals surface area contributed by atoms with Crippen LogP contribution < -0.4 is 5.32 Å². The van der Waals surface area contributed by atoms with Gasteiger partial charge in [-0.1, -0.05) is 19.8 Å². The lowest BCUT2D eigenvalue weighted by Crippen LogP contribution is -2.47. The summed E-state index contributed by atoms with van der Waals surface area (Å²) in [6.45, 7) is 2.69. The molecule has 1 heterocycles. The van der Waals surface area contributed by atoms with E-state index in [1.165, 1.54) is 32.8 Å². The molecule has 0 aromatic carbocycles. The van der Waals surface area contributed by atoms with Gasteiger partial charge in [-0.05, 0) is 31.6 Å². The summed E-state index contributed by atoms with van der Waals surface area (Å²) in [4.78, 5) is 25.7. The third kappa shape index (κ3) is 3.51. The van der Waals surface area contributed by atoms with Crippen molar-refractivity contribution in [2.45, 2.75) is 57.5 Å². The van der Waals surface area contributed by atoms with Gasteiger partial charge in [0, 0.05) is 12.6 Å². The number of carbonyl (C=O) groups excluding carboxylic acids is 2. The quantitative estimate of drug-likeness (QED) is 0.773. The zero-order valence-corrected chi connectivity index (χ0v) is 12.6. The highest BCUT2D eigenvalue weighted by molar-refractivity contribution is 5.86. The number of nitrogens with one attached hydrogen (secondary N) is 1. The topological polar surface area (TPSA) is 58.6 Å². The van der Waals surface area contributed by atoms with Crippen molar-refractivity contribution in [3.8, 4) is 0 Å². The molecule has 1 aliphatic heterocycles. The van der Waals surface area contributed by atoms with E-state index >= 15 is 0 Å². The van der Waals surface area contributed by atoms with Crippen molar-refractivity contribution >= 4 is 11.9 Å². The van der Waals surface area contributed by atoms with Gasteiger partial charge in [-0.3, -0.25) is 9.59 Å². The van der Waals surface area contributed by atoms with E-state index < -0.39 is 0 Å². The molecular weight excluding hydrogens is 256 g/mol. The maximum absolute atomic E-state index is 12.6. The lowest BCUT2D eigenvalue weighted by molar-refractivity contribution is -0.147. The summed E-state index contributed by atoms with van der Waals surface area (Å²) in [6.07, 6.45) is 6.72. The second-order valence-corrected chi connectivity index (χ2v) is 5.94. The number of esters is 1. The van der Waals surface area contributed by atoms with E-state index in [9.17, 15) is 9.59 Å². The van der Waals surface area contributed by atoms with Gasteiger partial charge in [0.2, 0.25) is 5.91 Å². The van der Waals surface area contributed by atoms with Gasteiger partial charge in [-0.25, -0.2) is 0 Å². The SMILES string of the molecule is CCCN(CC(=O)OC)C(=O)C1CC2CCCCC2N1. The Balaban J connectivity index is 1.95. The molecule has 3 unspecified atom stereocenters. The van der Waals surface area contributed by atoms with E-state index in [1.54, 1.807) is 4.90 Å². The van der Waals surface area contributed by atoms with E-state index in [2.05, 4.69) is 10.1 Å². The normalized spacial score (nSPS) is 28.8. The average Bonchev–Trinajstić information content (AvgIpc) is 2.89. The largest absolute Gasteiger partial charge is 0.468 e.